The Hall–Kier alpha value is -3.03. The van der Waals surface area contributed by atoms with Crippen LogP contribution in [0.15, 0.2) is 52.5 Å². The monoisotopic (exact) mass is 516 g/mol. The average molecular weight is 517 g/mol. The first-order chi connectivity index (χ1) is 16.3. The summed E-state index contributed by atoms with van der Waals surface area (Å²) in [7, 11) is 0. The fraction of sp³-hybridized carbons (Fsp3) is 0.346. The molecule has 2 aliphatic heterocycles. The molecular weight excluding hydrogens is 491 g/mol. The first-order valence-electron chi connectivity index (χ1n) is 11.1. The van der Waals surface area contributed by atoms with Crippen molar-refractivity contribution in [3.05, 3.63) is 74.8 Å². The maximum atomic E-state index is 14.3. The molecule has 0 saturated heterocycles. The van der Waals surface area contributed by atoms with Gasteiger partial charge in [-0.15, -0.1) is 0 Å². The Bertz CT molecular complexity index is 1250. The van der Waals surface area contributed by atoms with Crippen molar-refractivity contribution in [2.24, 2.45) is 0 Å². The van der Waals surface area contributed by atoms with E-state index in [2.05, 4.69) is 5.32 Å². The second-order valence-corrected chi connectivity index (χ2v) is 10.5. The van der Waals surface area contributed by atoms with Gasteiger partial charge in [-0.2, -0.15) is 0 Å². The van der Waals surface area contributed by atoms with Gasteiger partial charge in [-0.05, 0) is 45.7 Å². The van der Waals surface area contributed by atoms with Gasteiger partial charge in [-0.1, -0.05) is 71.2 Å². The number of ether oxygens (including phenoxy) is 2. The molecule has 2 aromatic carbocycles. The van der Waals surface area contributed by atoms with E-state index in [1.165, 1.54) is 0 Å². The number of benzene rings is 2. The van der Waals surface area contributed by atoms with Crippen LogP contribution in [0.25, 0.3) is 0 Å². The Morgan fingerprint density at radius 2 is 1.80 bits per heavy atom. The van der Waals surface area contributed by atoms with Crippen LogP contribution < -0.4 is 10.2 Å². The third-order valence-corrected chi connectivity index (χ3v) is 6.68. The zero-order chi connectivity index (χ0) is 25.7. The van der Waals surface area contributed by atoms with Gasteiger partial charge in [0, 0.05) is 5.56 Å². The van der Waals surface area contributed by atoms with Crippen LogP contribution in [0.1, 0.15) is 43.0 Å². The number of halogens is 2. The summed E-state index contributed by atoms with van der Waals surface area (Å²) >= 11 is 12.6. The number of carbonyl (C=O) groups is 3. The highest BCUT2D eigenvalue weighted by atomic mass is 35.5. The molecule has 0 spiro atoms. The predicted octanol–water partition coefficient (Wildman–Crippen LogP) is 5.18. The summed E-state index contributed by atoms with van der Waals surface area (Å²) in [6.45, 7) is 9.10. The van der Waals surface area contributed by atoms with E-state index < -0.39 is 35.2 Å². The van der Waals surface area contributed by atoms with E-state index in [-0.39, 0.29) is 16.6 Å². The number of anilines is 1. The Labute approximate surface area is 214 Å². The van der Waals surface area contributed by atoms with Gasteiger partial charge in [0.2, 0.25) is 0 Å². The number of alkyl carbamates (subject to hydrolysis) is 1. The number of hydrogen-bond donors (Lipinski definition) is 1. The molecular formula is C26H26Cl2N2O5. The lowest BCUT2D eigenvalue weighted by Gasteiger charge is -2.35. The van der Waals surface area contributed by atoms with Gasteiger partial charge in [0.25, 0.3) is 5.91 Å². The van der Waals surface area contributed by atoms with Crippen molar-refractivity contribution in [2.75, 3.05) is 4.90 Å². The van der Waals surface area contributed by atoms with E-state index in [4.69, 9.17) is 32.7 Å². The van der Waals surface area contributed by atoms with Gasteiger partial charge >= 0.3 is 12.1 Å². The molecule has 184 valence electrons. The highest BCUT2D eigenvalue weighted by molar-refractivity contribution is 6.49. The quantitative estimate of drug-likeness (QED) is 0.565. The molecule has 4 rings (SSSR count). The molecule has 2 aliphatic rings. The number of rotatable bonds is 4. The minimum absolute atomic E-state index is 0.159. The fourth-order valence-corrected chi connectivity index (χ4v) is 5.00. The van der Waals surface area contributed by atoms with Crippen molar-refractivity contribution in [2.45, 2.75) is 58.4 Å². The third-order valence-electron chi connectivity index (χ3n) is 5.84. The molecule has 0 unspecified atom stereocenters. The molecule has 2 heterocycles. The zero-order valence-corrected chi connectivity index (χ0v) is 21.6. The highest BCUT2D eigenvalue weighted by Gasteiger charge is 2.62. The summed E-state index contributed by atoms with van der Waals surface area (Å²) in [4.78, 5) is 41.4. The standard InChI is InChI=1S/C26H26Cl2N2O5/c1-14-11-15(2)20-17(12-14)26(29-24(33)35-25(3,4)5,21-18(27)19(28)22(31)34-21)23(32)30(20)13-16-9-7-6-8-10-16/h6-12,21H,13H2,1-5H3,(H,29,33)/t21-,26+/m0/s1. The summed E-state index contributed by atoms with van der Waals surface area (Å²) in [5.74, 6) is -1.38. The maximum Gasteiger partial charge on any atom is 0.408 e. The minimum atomic E-state index is -1.88. The van der Waals surface area contributed by atoms with Crippen molar-refractivity contribution >= 4 is 46.9 Å². The lowest BCUT2D eigenvalue weighted by Crippen LogP contribution is -2.60. The Morgan fingerprint density at radius 1 is 1.14 bits per heavy atom. The SMILES string of the molecule is Cc1cc(C)c2c(c1)[C@@](NC(=O)OC(C)(C)C)([C@H]1OC(=O)C(Cl)=C1Cl)C(=O)N2Cc1ccccc1. The number of aryl methyl sites for hydroxylation is 2. The molecule has 1 N–H and O–H groups in total. The normalized spacial score (nSPS) is 21.8. The second-order valence-electron chi connectivity index (χ2n) is 9.74. The van der Waals surface area contributed by atoms with Gasteiger partial charge in [0.15, 0.2) is 11.6 Å². The molecule has 0 aliphatic carbocycles. The molecule has 0 fully saturated rings. The average Bonchev–Trinajstić information content (AvgIpc) is 3.14. The smallest absolute Gasteiger partial charge is 0.408 e. The Kier molecular flexibility index (Phi) is 6.36. The first kappa shape index (κ1) is 25.1. The minimum Gasteiger partial charge on any atom is -0.449 e. The van der Waals surface area contributed by atoms with Gasteiger partial charge in [0.05, 0.1) is 17.3 Å². The number of nitrogens with one attached hydrogen (secondary N) is 1. The van der Waals surface area contributed by atoms with Gasteiger partial charge < -0.3 is 14.4 Å². The van der Waals surface area contributed by atoms with E-state index in [0.717, 1.165) is 16.7 Å². The Morgan fingerprint density at radius 3 is 2.37 bits per heavy atom. The highest BCUT2D eigenvalue weighted by Crippen LogP contribution is 2.50. The molecule has 0 aromatic heterocycles. The third kappa shape index (κ3) is 4.39. The summed E-state index contributed by atoms with van der Waals surface area (Å²) < 4.78 is 11.0. The van der Waals surface area contributed by atoms with Gasteiger partial charge in [-0.25, -0.2) is 9.59 Å². The molecule has 2 atom stereocenters. The van der Waals surface area contributed by atoms with E-state index in [0.29, 0.717) is 11.3 Å². The lowest BCUT2D eigenvalue weighted by molar-refractivity contribution is -0.145. The van der Waals surface area contributed by atoms with Crippen molar-refractivity contribution in [1.29, 1.82) is 0 Å². The van der Waals surface area contributed by atoms with Crippen molar-refractivity contribution in [1.82, 2.24) is 5.32 Å². The predicted molar refractivity (Wildman–Crippen MR) is 133 cm³/mol. The topological polar surface area (TPSA) is 84.9 Å². The summed E-state index contributed by atoms with van der Waals surface area (Å²) in [5, 5.41) is 2.24. The summed E-state index contributed by atoms with van der Waals surface area (Å²) in [6, 6.07) is 13.2. The van der Waals surface area contributed by atoms with Crippen molar-refractivity contribution in [3.8, 4) is 0 Å². The molecule has 7 nitrogen and oxygen atoms in total. The molecule has 35 heavy (non-hydrogen) atoms. The summed E-state index contributed by atoms with van der Waals surface area (Å²) in [5.41, 5.74) is 0.864. The van der Waals surface area contributed by atoms with Gasteiger partial charge in [-0.3, -0.25) is 10.1 Å². The van der Waals surface area contributed by atoms with Crippen LogP contribution in [0.3, 0.4) is 0 Å². The number of hydrogen-bond acceptors (Lipinski definition) is 5. The van der Waals surface area contributed by atoms with Gasteiger partial charge in [0.1, 0.15) is 10.6 Å². The molecule has 2 amide bonds. The van der Waals surface area contributed by atoms with E-state index in [1.807, 2.05) is 50.2 Å². The second kappa shape index (κ2) is 8.88. The number of carbonyl (C=O) groups excluding carboxylic acids is 3. The van der Waals surface area contributed by atoms with Crippen molar-refractivity contribution in [3.63, 3.8) is 0 Å². The van der Waals surface area contributed by atoms with E-state index in [1.54, 1.807) is 31.7 Å². The molecule has 9 heteroatoms. The van der Waals surface area contributed by atoms with Crippen molar-refractivity contribution < 1.29 is 23.9 Å². The number of fused-ring (bicyclic) bond motifs is 1. The molecule has 0 radical (unpaired) electrons. The number of nitrogens with zero attached hydrogens (tertiary/aromatic N) is 1. The first-order valence-corrected chi connectivity index (χ1v) is 11.9. The summed E-state index contributed by atoms with van der Waals surface area (Å²) in [6.07, 6.45) is -2.23. The van der Waals surface area contributed by atoms with Crippen LogP contribution in [-0.2, 0) is 31.1 Å². The maximum absolute atomic E-state index is 14.3. The molecule has 0 saturated carbocycles. The van der Waals surface area contributed by atoms with E-state index in [9.17, 15) is 14.4 Å². The molecule has 0 bridgehead atoms. The number of amides is 2. The zero-order valence-electron chi connectivity index (χ0n) is 20.1. The van der Waals surface area contributed by atoms with Crippen LogP contribution in [0.5, 0.6) is 0 Å². The van der Waals surface area contributed by atoms with Crippen LogP contribution in [0, 0.1) is 13.8 Å². The Balaban J connectivity index is 1.94. The number of cyclic esters (lactones) is 1. The molecule has 2 aromatic rings. The van der Waals surface area contributed by atoms with Crippen LogP contribution in [0.4, 0.5) is 10.5 Å². The number of esters is 1. The fourth-order valence-electron chi connectivity index (χ4n) is 4.57. The van der Waals surface area contributed by atoms with Crippen LogP contribution in [-0.4, -0.2) is 29.7 Å². The van der Waals surface area contributed by atoms with Crippen LogP contribution >= 0.6 is 23.2 Å². The van der Waals surface area contributed by atoms with Crippen LogP contribution in [0.2, 0.25) is 0 Å². The lowest BCUT2D eigenvalue weighted by atomic mass is 9.83. The largest absolute Gasteiger partial charge is 0.449 e. The van der Waals surface area contributed by atoms with E-state index >= 15 is 0 Å².